The molecule has 1 heterocycles. The van der Waals surface area contributed by atoms with Crippen molar-refractivity contribution < 1.29 is 9.53 Å². The zero-order valence-electron chi connectivity index (χ0n) is 12.4. The minimum absolute atomic E-state index is 0.00674. The number of rotatable bonds is 5. The molecule has 1 aromatic carbocycles. The van der Waals surface area contributed by atoms with E-state index in [9.17, 15) is 4.79 Å². The fourth-order valence-corrected chi connectivity index (χ4v) is 2.44. The maximum atomic E-state index is 12.2. The first-order chi connectivity index (χ1) is 9.66. The van der Waals surface area contributed by atoms with E-state index in [1.54, 1.807) is 4.90 Å². The number of carbonyl (C=O) groups is 1. The third-order valence-corrected chi connectivity index (χ3v) is 3.67. The quantitative estimate of drug-likeness (QED) is 0.894. The fourth-order valence-electron chi connectivity index (χ4n) is 2.44. The molecule has 0 unspecified atom stereocenters. The Labute approximate surface area is 121 Å². The van der Waals surface area contributed by atoms with Crippen LogP contribution < -0.4 is 10.1 Å². The summed E-state index contributed by atoms with van der Waals surface area (Å²) in [7, 11) is 1.85. The number of nitrogens with zero attached hydrogens (tertiary/aromatic N) is 1. The number of carbonyl (C=O) groups excluding carboxylic acids is 1. The number of likely N-dealkylation sites (N-methyl/N-ethyl adjacent to an activating group) is 1. The van der Waals surface area contributed by atoms with Crippen molar-refractivity contribution in [3.8, 4) is 5.75 Å². The van der Waals surface area contributed by atoms with E-state index in [1.165, 1.54) is 12.0 Å². The summed E-state index contributed by atoms with van der Waals surface area (Å²) >= 11 is 0. The maximum absolute atomic E-state index is 12.2. The molecule has 1 saturated heterocycles. The van der Waals surface area contributed by atoms with Crippen LogP contribution in [0.5, 0.6) is 5.75 Å². The Kier molecular flexibility index (Phi) is 5.41. The van der Waals surface area contributed by atoms with E-state index in [1.807, 2.05) is 38.2 Å². The summed E-state index contributed by atoms with van der Waals surface area (Å²) in [5.74, 6) is 1.04. The van der Waals surface area contributed by atoms with Gasteiger partial charge in [-0.1, -0.05) is 18.6 Å². The molecule has 1 aliphatic heterocycles. The van der Waals surface area contributed by atoms with Gasteiger partial charge in [-0.25, -0.2) is 0 Å². The van der Waals surface area contributed by atoms with E-state index in [4.69, 9.17) is 4.74 Å². The molecule has 2 rings (SSSR count). The fraction of sp³-hybridized carbons (Fsp3) is 0.562. The molecule has 4 heteroatoms. The van der Waals surface area contributed by atoms with Gasteiger partial charge in [-0.15, -0.1) is 0 Å². The molecule has 1 aromatic rings. The number of piperidine rings is 1. The van der Waals surface area contributed by atoms with Crippen LogP contribution in [-0.4, -0.2) is 43.6 Å². The molecule has 0 radical (unpaired) electrons. The van der Waals surface area contributed by atoms with Crippen LogP contribution in [-0.2, 0) is 4.79 Å². The van der Waals surface area contributed by atoms with Crippen molar-refractivity contribution in [1.82, 2.24) is 10.2 Å². The first kappa shape index (κ1) is 14.9. The normalized spacial score (nSPS) is 18.6. The van der Waals surface area contributed by atoms with Crippen LogP contribution in [0.2, 0.25) is 0 Å². The number of aryl methyl sites for hydroxylation is 1. The van der Waals surface area contributed by atoms with Gasteiger partial charge >= 0.3 is 0 Å². The zero-order chi connectivity index (χ0) is 14.4. The third kappa shape index (κ3) is 4.23. The van der Waals surface area contributed by atoms with Gasteiger partial charge in [0.2, 0.25) is 5.91 Å². The first-order valence-corrected chi connectivity index (χ1v) is 7.34. The van der Waals surface area contributed by atoms with Crippen LogP contribution in [0.4, 0.5) is 0 Å². The summed E-state index contributed by atoms with van der Waals surface area (Å²) in [5.41, 5.74) is 1.18. The van der Waals surface area contributed by atoms with Crippen LogP contribution >= 0.6 is 0 Å². The van der Waals surface area contributed by atoms with Crippen LogP contribution in [0.25, 0.3) is 0 Å². The molecular formula is C16H24N2O2. The standard InChI is InChI=1S/C16H24N2O2/c1-13-6-5-7-14(12-13)20-11-10-18(2)16(19)15-8-3-4-9-17-15/h5-7,12,15,17H,3-4,8-11H2,1-2H3/t15-/m0/s1. The number of benzene rings is 1. The van der Waals surface area contributed by atoms with Gasteiger partial charge < -0.3 is 15.0 Å². The average Bonchev–Trinajstić information content (AvgIpc) is 2.47. The van der Waals surface area contributed by atoms with Gasteiger partial charge in [0.05, 0.1) is 12.6 Å². The second kappa shape index (κ2) is 7.29. The molecule has 1 aliphatic rings. The average molecular weight is 276 g/mol. The Morgan fingerprint density at radius 1 is 1.45 bits per heavy atom. The molecule has 1 atom stereocenters. The summed E-state index contributed by atoms with van der Waals surface area (Å²) in [5, 5.41) is 3.28. The number of hydrogen-bond donors (Lipinski definition) is 1. The van der Waals surface area contributed by atoms with Crippen molar-refractivity contribution >= 4 is 5.91 Å². The predicted octanol–water partition coefficient (Wildman–Crippen LogP) is 1.97. The molecule has 0 saturated carbocycles. The Bertz CT molecular complexity index is 442. The smallest absolute Gasteiger partial charge is 0.239 e. The first-order valence-electron chi connectivity index (χ1n) is 7.34. The van der Waals surface area contributed by atoms with Crippen molar-refractivity contribution in [2.75, 3.05) is 26.7 Å². The molecule has 0 aromatic heterocycles. The van der Waals surface area contributed by atoms with Crippen molar-refractivity contribution in [1.29, 1.82) is 0 Å². The van der Waals surface area contributed by atoms with Crippen LogP contribution in [0, 0.1) is 6.92 Å². The molecule has 20 heavy (non-hydrogen) atoms. The summed E-state index contributed by atoms with van der Waals surface area (Å²) in [6, 6.07) is 7.96. The summed E-state index contributed by atoms with van der Waals surface area (Å²) < 4.78 is 5.68. The van der Waals surface area contributed by atoms with Crippen molar-refractivity contribution in [3.63, 3.8) is 0 Å². The van der Waals surface area contributed by atoms with E-state index in [-0.39, 0.29) is 11.9 Å². The SMILES string of the molecule is Cc1cccc(OCCN(C)C(=O)[C@@H]2CCCCN2)c1. The molecule has 1 N–H and O–H groups in total. The zero-order valence-corrected chi connectivity index (χ0v) is 12.4. The number of nitrogens with one attached hydrogen (secondary N) is 1. The van der Waals surface area contributed by atoms with E-state index >= 15 is 0 Å². The molecule has 1 amide bonds. The van der Waals surface area contributed by atoms with Gasteiger partial charge in [-0.2, -0.15) is 0 Å². The second-order valence-corrected chi connectivity index (χ2v) is 5.43. The van der Waals surface area contributed by atoms with Crippen LogP contribution in [0.3, 0.4) is 0 Å². The molecule has 0 spiro atoms. The Balaban J connectivity index is 1.74. The Hall–Kier alpha value is -1.55. The van der Waals surface area contributed by atoms with Crippen molar-refractivity contribution in [3.05, 3.63) is 29.8 Å². The predicted molar refractivity (Wildman–Crippen MR) is 80.0 cm³/mol. The molecule has 1 fully saturated rings. The lowest BCUT2D eigenvalue weighted by molar-refractivity contribution is -0.133. The maximum Gasteiger partial charge on any atom is 0.239 e. The second-order valence-electron chi connectivity index (χ2n) is 5.43. The van der Waals surface area contributed by atoms with Gasteiger partial charge in [0.25, 0.3) is 0 Å². The van der Waals surface area contributed by atoms with E-state index in [0.29, 0.717) is 13.2 Å². The molecule has 0 bridgehead atoms. The largest absolute Gasteiger partial charge is 0.492 e. The minimum Gasteiger partial charge on any atom is -0.492 e. The van der Waals surface area contributed by atoms with Crippen molar-refractivity contribution in [2.24, 2.45) is 0 Å². The third-order valence-electron chi connectivity index (χ3n) is 3.67. The molecule has 110 valence electrons. The number of ether oxygens (including phenoxy) is 1. The molecule has 0 aliphatic carbocycles. The minimum atomic E-state index is -0.00674. The van der Waals surface area contributed by atoms with Gasteiger partial charge in [0, 0.05) is 7.05 Å². The molecular weight excluding hydrogens is 252 g/mol. The van der Waals surface area contributed by atoms with Gasteiger partial charge in [-0.05, 0) is 44.0 Å². The highest BCUT2D eigenvalue weighted by Gasteiger charge is 2.23. The Morgan fingerprint density at radius 3 is 3.00 bits per heavy atom. The van der Waals surface area contributed by atoms with Crippen LogP contribution in [0.1, 0.15) is 24.8 Å². The monoisotopic (exact) mass is 276 g/mol. The lowest BCUT2D eigenvalue weighted by Crippen LogP contribution is -2.48. The lowest BCUT2D eigenvalue weighted by atomic mass is 10.0. The van der Waals surface area contributed by atoms with Gasteiger partial charge in [0.15, 0.2) is 0 Å². The molecule has 4 nitrogen and oxygen atoms in total. The van der Waals surface area contributed by atoms with Gasteiger partial charge in [-0.3, -0.25) is 4.79 Å². The van der Waals surface area contributed by atoms with E-state index in [2.05, 4.69) is 5.32 Å². The summed E-state index contributed by atoms with van der Waals surface area (Å²) in [6.45, 7) is 4.13. The summed E-state index contributed by atoms with van der Waals surface area (Å²) in [6.07, 6.45) is 3.25. The highest BCUT2D eigenvalue weighted by atomic mass is 16.5. The summed E-state index contributed by atoms with van der Waals surface area (Å²) in [4.78, 5) is 14.0. The van der Waals surface area contributed by atoms with E-state index in [0.717, 1.165) is 25.1 Å². The highest BCUT2D eigenvalue weighted by molar-refractivity contribution is 5.81. The van der Waals surface area contributed by atoms with Crippen molar-refractivity contribution in [2.45, 2.75) is 32.2 Å². The topological polar surface area (TPSA) is 41.6 Å². The number of hydrogen-bond acceptors (Lipinski definition) is 3. The highest BCUT2D eigenvalue weighted by Crippen LogP contribution is 2.12. The van der Waals surface area contributed by atoms with Gasteiger partial charge in [0.1, 0.15) is 12.4 Å². The Morgan fingerprint density at radius 2 is 2.30 bits per heavy atom. The van der Waals surface area contributed by atoms with Crippen LogP contribution in [0.15, 0.2) is 24.3 Å². The lowest BCUT2D eigenvalue weighted by Gasteiger charge is -2.27. The van der Waals surface area contributed by atoms with E-state index < -0.39 is 0 Å². The number of amides is 1.